The highest BCUT2D eigenvalue weighted by atomic mass is 31.2. The second-order valence-corrected chi connectivity index (χ2v) is 11.0. The summed E-state index contributed by atoms with van der Waals surface area (Å²) in [5, 5.41) is 0. The van der Waals surface area contributed by atoms with Crippen molar-refractivity contribution in [2.45, 2.75) is 90.0 Å². The second-order valence-electron chi connectivity index (χ2n) is 9.25. The molecule has 0 aromatic heterocycles. The van der Waals surface area contributed by atoms with Crippen LogP contribution in [0.1, 0.15) is 59.3 Å². The third-order valence-electron chi connectivity index (χ3n) is 5.76. The van der Waals surface area contributed by atoms with Gasteiger partial charge in [-0.3, -0.25) is 18.9 Å². The van der Waals surface area contributed by atoms with Gasteiger partial charge >= 0.3 is 25.5 Å². The quantitative estimate of drug-likeness (QED) is 0.102. The van der Waals surface area contributed by atoms with Crippen LogP contribution in [0.4, 0.5) is 0 Å². The van der Waals surface area contributed by atoms with Crippen LogP contribution in [0.5, 0.6) is 11.5 Å². The van der Waals surface area contributed by atoms with Gasteiger partial charge in [-0.25, -0.2) is 0 Å². The monoisotopic (exact) mass is 584 g/mol. The van der Waals surface area contributed by atoms with Gasteiger partial charge in [0.05, 0.1) is 12.8 Å². The Morgan fingerprint density at radius 1 is 0.875 bits per heavy atom. The summed E-state index contributed by atoms with van der Waals surface area (Å²) < 4.78 is 45.2. The molecule has 1 aliphatic heterocycles. The number of carbonyl (C=O) groups excluding carboxylic acids is 3. The fraction of sp³-hybridized carbons (Fsp3) is 0.593. The zero-order chi connectivity index (χ0) is 29.7. The molecule has 0 amide bonds. The Hall–Kier alpha value is -3.10. The predicted molar refractivity (Wildman–Crippen MR) is 141 cm³/mol. The van der Waals surface area contributed by atoms with Crippen molar-refractivity contribution in [2.24, 2.45) is 0 Å². The molecule has 1 aromatic rings. The maximum Gasteiger partial charge on any atom is 0.325 e. The van der Waals surface area contributed by atoms with Gasteiger partial charge in [-0.1, -0.05) is 12.8 Å². The first-order chi connectivity index (χ1) is 18.9. The van der Waals surface area contributed by atoms with E-state index in [2.05, 4.69) is 5.92 Å². The van der Waals surface area contributed by atoms with Crippen LogP contribution in [0.3, 0.4) is 0 Å². The molecule has 0 unspecified atom stereocenters. The van der Waals surface area contributed by atoms with Crippen LogP contribution >= 0.6 is 7.60 Å². The van der Waals surface area contributed by atoms with E-state index < -0.39 is 62.4 Å². The van der Waals surface area contributed by atoms with E-state index in [-0.39, 0.29) is 12.2 Å². The molecular weight excluding hydrogens is 547 g/mol. The molecule has 2 rings (SSSR count). The van der Waals surface area contributed by atoms with Gasteiger partial charge in [0, 0.05) is 27.2 Å². The van der Waals surface area contributed by atoms with Crippen molar-refractivity contribution in [3.8, 4) is 23.8 Å². The van der Waals surface area contributed by atoms with Crippen LogP contribution in [0.15, 0.2) is 24.3 Å². The highest BCUT2D eigenvalue weighted by Crippen LogP contribution is 2.39. The topological polar surface area (TPSA) is 164 Å². The molecule has 40 heavy (non-hydrogen) atoms. The lowest BCUT2D eigenvalue weighted by atomic mass is 9.96. The Kier molecular flexibility index (Phi) is 13.4. The molecule has 0 aliphatic carbocycles. The molecular formula is C27H37O12P. The summed E-state index contributed by atoms with van der Waals surface area (Å²) in [7, 11) is -4.47. The van der Waals surface area contributed by atoms with Crippen LogP contribution < -0.4 is 9.47 Å². The minimum absolute atomic E-state index is 0.276. The van der Waals surface area contributed by atoms with Gasteiger partial charge in [-0.2, -0.15) is 0 Å². The molecule has 0 bridgehead atoms. The number of carbonyl (C=O) groups is 3. The van der Waals surface area contributed by atoms with E-state index in [4.69, 9.17) is 34.8 Å². The van der Waals surface area contributed by atoms with Crippen molar-refractivity contribution in [1.29, 1.82) is 0 Å². The van der Waals surface area contributed by atoms with Crippen LogP contribution in [0.2, 0.25) is 0 Å². The number of rotatable bonds is 15. The van der Waals surface area contributed by atoms with Crippen LogP contribution in [-0.2, 0) is 37.9 Å². The average Bonchev–Trinajstić information content (AvgIpc) is 2.85. The largest absolute Gasteiger partial charge is 0.494 e. The van der Waals surface area contributed by atoms with E-state index in [1.807, 2.05) is 0 Å². The summed E-state index contributed by atoms with van der Waals surface area (Å²) in [5.41, 5.74) is 0. The molecule has 5 atom stereocenters. The number of benzene rings is 1. The van der Waals surface area contributed by atoms with Crippen molar-refractivity contribution in [3.63, 3.8) is 0 Å². The van der Waals surface area contributed by atoms with E-state index in [0.717, 1.165) is 52.9 Å². The first-order valence-corrected chi connectivity index (χ1v) is 14.7. The van der Waals surface area contributed by atoms with E-state index in [1.54, 1.807) is 24.3 Å². The molecule has 222 valence electrons. The normalized spacial score (nSPS) is 22.4. The van der Waals surface area contributed by atoms with Crippen LogP contribution in [0.25, 0.3) is 0 Å². The third kappa shape index (κ3) is 12.0. The summed E-state index contributed by atoms with van der Waals surface area (Å²) in [6, 6.07) is 6.54. The van der Waals surface area contributed by atoms with Gasteiger partial charge in [0.15, 0.2) is 12.2 Å². The fourth-order valence-corrected chi connectivity index (χ4v) is 4.69. The Morgan fingerprint density at radius 2 is 1.43 bits per heavy atom. The summed E-state index contributed by atoms with van der Waals surface area (Å²) in [4.78, 5) is 54.5. The standard InChI is InChI=1S/C27H37O12P/c1-5-6-7-8-9-10-16-34-21-11-13-22(14-12-21)38-27-26(37-20(4)30)25(36-19(3)29)24(35-18(2)28)23(39-27)15-17-40(31,32)33/h1,11-14,23-27H,6-10,15-17H2,2-4H3,(H2,31,32,33)/t23-,24-,25+,26+,27+/m1/s1. The highest BCUT2D eigenvalue weighted by molar-refractivity contribution is 7.51. The van der Waals surface area contributed by atoms with E-state index >= 15 is 0 Å². The molecule has 13 heteroatoms. The minimum Gasteiger partial charge on any atom is -0.494 e. The fourth-order valence-electron chi connectivity index (χ4n) is 4.10. The highest BCUT2D eigenvalue weighted by Gasteiger charge is 2.53. The minimum atomic E-state index is -4.47. The number of esters is 3. The van der Waals surface area contributed by atoms with Crippen LogP contribution in [0, 0.1) is 12.3 Å². The second kappa shape index (κ2) is 16.2. The molecule has 1 aliphatic rings. The summed E-state index contributed by atoms with van der Waals surface area (Å²) in [6.45, 7) is 3.88. The zero-order valence-corrected chi connectivity index (χ0v) is 23.7. The number of ether oxygens (including phenoxy) is 6. The van der Waals surface area contributed by atoms with Crippen molar-refractivity contribution < 1.29 is 57.2 Å². The lowest BCUT2D eigenvalue weighted by Gasteiger charge is -2.44. The van der Waals surface area contributed by atoms with Crippen molar-refractivity contribution in [2.75, 3.05) is 12.8 Å². The zero-order valence-electron chi connectivity index (χ0n) is 22.9. The molecule has 1 fully saturated rings. The Bertz CT molecular complexity index is 1060. The van der Waals surface area contributed by atoms with E-state index in [0.29, 0.717) is 12.4 Å². The van der Waals surface area contributed by atoms with Crippen LogP contribution in [-0.4, -0.2) is 71.2 Å². The molecule has 1 saturated heterocycles. The van der Waals surface area contributed by atoms with E-state index in [9.17, 15) is 28.7 Å². The third-order valence-corrected chi connectivity index (χ3v) is 6.60. The maximum absolute atomic E-state index is 11.9. The van der Waals surface area contributed by atoms with Gasteiger partial charge in [-0.15, -0.1) is 12.3 Å². The predicted octanol–water partition coefficient (Wildman–Crippen LogP) is 3.12. The molecule has 2 N–H and O–H groups in total. The van der Waals surface area contributed by atoms with Gasteiger partial charge < -0.3 is 38.2 Å². The van der Waals surface area contributed by atoms with Gasteiger partial charge in [0.25, 0.3) is 0 Å². The van der Waals surface area contributed by atoms with Crippen molar-refractivity contribution >= 4 is 25.5 Å². The van der Waals surface area contributed by atoms with Gasteiger partial charge in [-0.05, 0) is 43.5 Å². The molecule has 0 saturated carbocycles. The Balaban J connectivity index is 2.21. The van der Waals surface area contributed by atoms with Crippen molar-refractivity contribution in [1.82, 2.24) is 0 Å². The first-order valence-electron chi connectivity index (χ1n) is 12.9. The Morgan fingerprint density at radius 3 is 2.00 bits per heavy atom. The summed E-state index contributed by atoms with van der Waals surface area (Å²) in [5.74, 6) is 1.21. The Labute approximate surface area is 233 Å². The lowest BCUT2D eigenvalue weighted by molar-refractivity contribution is -0.283. The number of terminal acetylenes is 1. The molecule has 1 aromatic carbocycles. The number of hydrogen-bond acceptors (Lipinski definition) is 10. The SMILES string of the molecule is C#CCCCCCCOc1ccc(O[C@H]2O[C@H](CCP(=O)(O)O)[C@@H](OC(C)=O)[C@H](OC(C)=O)[C@@H]2OC(C)=O)cc1. The maximum atomic E-state index is 11.9. The van der Waals surface area contributed by atoms with Gasteiger partial charge in [0.2, 0.25) is 12.4 Å². The first kappa shape index (κ1) is 33.1. The summed E-state index contributed by atoms with van der Waals surface area (Å²) in [6.07, 6.45) is 2.40. The van der Waals surface area contributed by atoms with E-state index in [1.165, 1.54) is 0 Å². The number of unbranched alkanes of at least 4 members (excludes halogenated alkanes) is 4. The molecule has 1 heterocycles. The van der Waals surface area contributed by atoms with Gasteiger partial charge in [0.1, 0.15) is 17.6 Å². The smallest absolute Gasteiger partial charge is 0.325 e. The lowest BCUT2D eigenvalue weighted by Crippen LogP contribution is -2.62. The summed E-state index contributed by atoms with van der Waals surface area (Å²) >= 11 is 0. The molecule has 12 nitrogen and oxygen atoms in total. The molecule has 0 radical (unpaired) electrons. The molecule has 0 spiro atoms. The van der Waals surface area contributed by atoms with Crippen molar-refractivity contribution in [3.05, 3.63) is 24.3 Å². The average molecular weight is 585 g/mol. The number of hydrogen-bond donors (Lipinski definition) is 2.